The fourth-order valence-corrected chi connectivity index (χ4v) is 13.3. The molecule has 7 aliphatic rings. The molecule has 3 saturated carbocycles. The first-order valence-corrected chi connectivity index (χ1v) is 25.2. The number of carbonyl (C=O) groups excluding carboxylic acids is 4. The molecule has 5 heterocycles. The maximum absolute atomic E-state index is 14.3. The van der Waals surface area contributed by atoms with Crippen molar-refractivity contribution in [1.82, 2.24) is 40.4 Å². The van der Waals surface area contributed by atoms with Gasteiger partial charge in [-0.1, -0.05) is 52.5 Å². The molecule has 4 N–H and O–H groups in total. The van der Waals surface area contributed by atoms with E-state index in [1.807, 2.05) is 51.1 Å². The third-order valence-corrected chi connectivity index (χ3v) is 16.5. The molecule has 4 unspecified atom stereocenters. The molecule has 3 aromatic rings. The van der Waals surface area contributed by atoms with Gasteiger partial charge in [-0.15, -0.1) is 0 Å². The first kappa shape index (κ1) is 47.0. The number of nitrogens with one attached hydrogen (secondary N) is 4. The smallest absolute Gasteiger partial charge is 0.407 e. The lowest BCUT2D eigenvalue weighted by molar-refractivity contribution is -0.153. The van der Waals surface area contributed by atoms with Gasteiger partial charge < -0.3 is 49.3 Å². The highest BCUT2D eigenvalue weighted by Crippen LogP contribution is 2.60. The molecule has 16 nitrogen and oxygen atoms in total. The van der Waals surface area contributed by atoms with Crippen LogP contribution in [0.15, 0.2) is 48.3 Å². The van der Waals surface area contributed by atoms with Crippen LogP contribution in [0.2, 0.25) is 0 Å². The molecule has 16 heteroatoms. The van der Waals surface area contributed by atoms with E-state index in [1.54, 1.807) is 4.90 Å². The molecular formula is C53H68N8O8. The summed E-state index contributed by atoms with van der Waals surface area (Å²) in [4.78, 5) is 73.7. The zero-order chi connectivity index (χ0) is 48.5. The third kappa shape index (κ3) is 8.18. The van der Waals surface area contributed by atoms with Crippen LogP contribution in [0.4, 0.5) is 9.59 Å². The van der Waals surface area contributed by atoms with Gasteiger partial charge in [0.05, 0.1) is 69.8 Å². The van der Waals surface area contributed by atoms with Crippen LogP contribution in [0.25, 0.3) is 22.4 Å². The molecule has 1 spiro atoms. The number of nitrogens with zero attached hydrogens (tertiary/aromatic N) is 4. The zero-order valence-electron chi connectivity index (χ0n) is 41.1. The van der Waals surface area contributed by atoms with Crippen molar-refractivity contribution in [3.63, 3.8) is 0 Å². The predicted molar refractivity (Wildman–Crippen MR) is 258 cm³/mol. The minimum atomic E-state index is -0.951. The van der Waals surface area contributed by atoms with E-state index < -0.39 is 36.1 Å². The predicted octanol–water partition coefficient (Wildman–Crippen LogP) is 8.45. The van der Waals surface area contributed by atoms with Gasteiger partial charge in [-0.05, 0) is 127 Å². The molecule has 368 valence electrons. The molecule has 0 radical (unpaired) electrons. The van der Waals surface area contributed by atoms with Crippen LogP contribution < -0.4 is 10.6 Å². The van der Waals surface area contributed by atoms with E-state index in [-0.39, 0.29) is 36.2 Å². The van der Waals surface area contributed by atoms with Gasteiger partial charge in [-0.2, -0.15) is 0 Å². The van der Waals surface area contributed by atoms with Gasteiger partial charge in [0.2, 0.25) is 11.8 Å². The van der Waals surface area contributed by atoms with E-state index in [0.29, 0.717) is 55.7 Å². The number of carbonyl (C=O) groups is 4. The van der Waals surface area contributed by atoms with Gasteiger partial charge in [-0.25, -0.2) is 19.6 Å². The van der Waals surface area contributed by atoms with Gasteiger partial charge in [0.15, 0.2) is 5.79 Å². The summed E-state index contributed by atoms with van der Waals surface area (Å²) in [7, 11) is 2.60. The second-order valence-electron chi connectivity index (χ2n) is 21.0. The van der Waals surface area contributed by atoms with Gasteiger partial charge in [-0.3, -0.25) is 9.59 Å². The quantitative estimate of drug-likeness (QED) is 0.137. The monoisotopic (exact) mass is 945 g/mol. The summed E-state index contributed by atoms with van der Waals surface area (Å²) >= 11 is 0. The lowest BCUT2D eigenvalue weighted by Crippen LogP contribution is -2.52. The van der Waals surface area contributed by atoms with E-state index in [2.05, 4.69) is 46.2 Å². The Morgan fingerprint density at radius 3 is 2.03 bits per heavy atom. The van der Waals surface area contributed by atoms with Crippen LogP contribution in [-0.4, -0.2) is 112 Å². The first-order chi connectivity index (χ1) is 33.2. The number of benzene rings is 1. The molecule has 3 aliphatic heterocycles. The van der Waals surface area contributed by atoms with Gasteiger partial charge in [0.25, 0.3) is 0 Å². The number of rotatable bonds is 12. The highest BCUT2D eigenvalue weighted by Gasteiger charge is 2.53. The minimum absolute atomic E-state index is 0.113. The summed E-state index contributed by atoms with van der Waals surface area (Å²) in [6.45, 7) is 16.1. The standard InChI is InChI=1S/C53H68N8O8/c1-9-34(37-24-55-48(56-37)40-23-53(68-19-20-69-53)26-61(40)50(63)46(28(4)5)59-52(65)67-8)42-31-13-12-30(21-31)41(42)29(6)35-16-17-36(44-33-15-14-32(22-33)43(35)44)38-25-54-47(57-38)39-11-10-18-60(39)49(62)45(27(2)3)58-51(64)66-7/h9,16-17,24-25,27-28,30-33,39-40,45-46H,1,10-15,18-23,26H2,2-8H3,(H,54,57)(H,55,56)(H,58,64)(H,59,65)/b41-29+,42-34+/t30?,31?,32?,33?,39-,40-,45-,46-/m0/s1. The van der Waals surface area contributed by atoms with Crippen LogP contribution in [0.3, 0.4) is 0 Å². The number of amides is 4. The summed E-state index contributed by atoms with van der Waals surface area (Å²) in [5.74, 6) is 1.57. The van der Waals surface area contributed by atoms with E-state index >= 15 is 0 Å². The van der Waals surface area contributed by atoms with Crippen molar-refractivity contribution in [3.05, 3.63) is 82.4 Å². The van der Waals surface area contributed by atoms with Crippen molar-refractivity contribution in [2.45, 2.75) is 134 Å². The van der Waals surface area contributed by atoms with Crippen LogP contribution in [0.1, 0.15) is 150 Å². The summed E-state index contributed by atoms with van der Waals surface area (Å²) in [5.41, 5.74) is 12.4. The van der Waals surface area contributed by atoms with Gasteiger partial charge in [0, 0.05) is 24.1 Å². The largest absolute Gasteiger partial charge is 0.453 e. The number of hydrogen-bond donors (Lipinski definition) is 4. The van der Waals surface area contributed by atoms with Crippen molar-refractivity contribution in [2.24, 2.45) is 23.7 Å². The lowest BCUT2D eigenvalue weighted by Gasteiger charge is -2.30. The average molecular weight is 945 g/mol. The highest BCUT2D eigenvalue weighted by atomic mass is 16.7. The Morgan fingerprint density at radius 1 is 0.783 bits per heavy atom. The number of aromatic nitrogens is 4. The van der Waals surface area contributed by atoms with Gasteiger partial charge in [0.1, 0.15) is 23.7 Å². The van der Waals surface area contributed by atoms with Crippen LogP contribution in [-0.2, 0) is 28.5 Å². The Kier molecular flexibility index (Phi) is 12.6. The Bertz CT molecular complexity index is 2600. The van der Waals surface area contributed by atoms with Crippen molar-refractivity contribution in [1.29, 1.82) is 0 Å². The molecule has 6 fully saturated rings. The Balaban J connectivity index is 0.977. The number of allylic oxidation sites excluding steroid dienone is 5. The molecular weight excluding hydrogens is 877 g/mol. The summed E-state index contributed by atoms with van der Waals surface area (Å²) in [5, 5.41) is 5.51. The number of H-pyrrole nitrogens is 2. The molecule has 8 atom stereocenters. The van der Waals surface area contributed by atoms with E-state index in [9.17, 15) is 19.2 Å². The topological polar surface area (TPSA) is 193 Å². The SMILES string of the molecule is C=C/C(=C1\C(=C(/C)c2ccc(-c3cnc([C@@H]4CCCN4C(=O)[C@@H](NC(=O)OC)C(C)C)[nH]3)c3c2C2CCC3C2)C2CCC1C2)c1cnc([C@@H]2CC3(CN2C(=O)[C@@H](NC(=O)OC)C(C)C)OCCO3)[nH]1. The number of imidazole rings is 2. The van der Waals surface area contributed by atoms with E-state index in [1.165, 1.54) is 66.0 Å². The summed E-state index contributed by atoms with van der Waals surface area (Å²) < 4.78 is 22.1. The summed E-state index contributed by atoms with van der Waals surface area (Å²) in [6, 6.07) is 2.43. The molecule has 2 aromatic heterocycles. The number of methoxy groups -OCH3 is 2. The Labute approximate surface area is 404 Å². The minimum Gasteiger partial charge on any atom is -0.453 e. The Morgan fingerprint density at radius 2 is 1.38 bits per heavy atom. The Hall–Kier alpha value is -5.74. The number of hydrogen-bond acceptors (Lipinski definition) is 10. The van der Waals surface area contributed by atoms with Crippen LogP contribution >= 0.6 is 0 Å². The fourth-order valence-electron chi connectivity index (χ4n) is 13.3. The van der Waals surface area contributed by atoms with Crippen molar-refractivity contribution < 1.29 is 38.1 Å². The molecule has 4 amide bonds. The van der Waals surface area contributed by atoms with Gasteiger partial charge >= 0.3 is 12.2 Å². The second-order valence-corrected chi connectivity index (χ2v) is 21.0. The zero-order valence-corrected chi connectivity index (χ0v) is 41.1. The molecule has 4 aliphatic carbocycles. The van der Waals surface area contributed by atoms with Crippen molar-refractivity contribution >= 4 is 35.1 Å². The fraction of sp³-hybridized carbons (Fsp3) is 0.585. The third-order valence-electron chi connectivity index (χ3n) is 16.5. The number of alkyl carbamates (subject to hydrolysis) is 2. The van der Waals surface area contributed by atoms with Crippen LogP contribution in [0.5, 0.6) is 0 Å². The molecule has 3 saturated heterocycles. The highest BCUT2D eigenvalue weighted by molar-refractivity contribution is 5.89. The first-order valence-electron chi connectivity index (χ1n) is 25.2. The van der Waals surface area contributed by atoms with E-state index in [4.69, 9.17) is 28.9 Å². The normalized spacial score (nSPS) is 27.6. The molecule has 4 bridgehead atoms. The van der Waals surface area contributed by atoms with Crippen molar-refractivity contribution in [3.8, 4) is 11.3 Å². The average Bonchev–Trinajstić information content (AvgIpc) is 4.20. The van der Waals surface area contributed by atoms with E-state index in [0.717, 1.165) is 61.3 Å². The molecule has 69 heavy (non-hydrogen) atoms. The summed E-state index contributed by atoms with van der Waals surface area (Å²) in [6.07, 6.45) is 13.4. The number of ether oxygens (including phenoxy) is 4. The van der Waals surface area contributed by atoms with Crippen molar-refractivity contribution in [2.75, 3.05) is 40.5 Å². The molecule has 10 rings (SSSR count). The second kappa shape index (κ2) is 18.5. The number of aromatic amines is 2. The lowest BCUT2D eigenvalue weighted by atomic mass is 9.78. The maximum atomic E-state index is 14.3. The maximum Gasteiger partial charge on any atom is 0.407 e. The molecule has 1 aromatic carbocycles. The number of likely N-dealkylation sites (tertiary alicyclic amines) is 2. The number of fused-ring (bicyclic) bond motifs is 7. The van der Waals surface area contributed by atoms with Crippen LogP contribution in [0, 0.1) is 23.7 Å².